The van der Waals surface area contributed by atoms with Crippen LogP contribution in [0, 0.1) is 17.7 Å². The molecule has 1 saturated heterocycles. The maximum atomic E-state index is 14.4. The molecule has 1 aromatic rings. The zero-order valence-electron chi connectivity index (χ0n) is 34.8. The van der Waals surface area contributed by atoms with Crippen molar-refractivity contribution in [1.82, 2.24) is 26.1 Å². The first kappa shape index (κ1) is 47.9. The Balaban J connectivity index is 2.09. The van der Waals surface area contributed by atoms with Crippen molar-refractivity contribution in [3.8, 4) is 5.75 Å². The summed E-state index contributed by atoms with van der Waals surface area (Å²) in [5.74, 6) is -6.16. The molecule has 16 heteroatoms. The molecule has 1 aromatic carbocycles. The number of aliphatic hydroxyl groups is 1. The van der Waals surface area contributed by atoms with Gasteiger partial charge in [-0.15, -0.1) is 0 Å². The van der Waals surface area contributed by atoms with E-state index in [9.17, 15) is 43.4 Å². The van der Waals surface area contributed by atoms with Crippen molar-refractivity contribution in [2.24, 2.45) is 11.8 Å². The maximum Gasteiger partial charge on any atom is 0.325 e. The van der Waals surface area contributed by atoms with Gasteiger partial charge in [-0.3, -0.25) is 33.8 Å². The average molecular weight is 824 g/mol. The third-order valence-electron chi connectivity index (χ3n) is 9.99. The monoisotopic (exact) mass is 823 g/mol. The number of benzene rings is 1. The standard InChI is InChI=1S/C43H58FN5O10/c1-26(2)38-41(55)45-35(24-30-22-31(44)25-32(51)23-30)42(56)49-21-13-16-34(47-49)43(57)59-36(27(3)15-12-18-37(52)48(6)58-7)17-11-9-8-10-14-28(4)39(53)33(40(54)46-38)20-19-29(5)50/h8-12,14-15,18,22-23,25-26,33-36,38-39,47,51,53H,13,16-17,19-21,24H2,1-7H3,(H,45,55)(H,46,54). The summed E-state index contributed by atoms with van der Waals surface area (Å²) in [4.78, 5) is 85.0. The molecule has 5 N–H and O–H groups in total. The number of hydrazine groups is 1. The number of nitrogens with one attached hydrogen (secondary N) is 3. The van der Waals surface area contributed by atoms with Gasteiger partial charge in [0.2, 0.25) is 11.8 Å². The number of phenols is 1. The van der Waals surface area contributed by atoms with Crippen LogP contribution in [0.5, 0.6) is 5.75 Å². The minimum absolute atomic E-state index is 0.00363. The van der Waals surface area contributed by atoms with Crippen molar-refractivity contribution in [3.05, 3.63) is 89.3 Å². The van der Waals surface area contributed by atoms with Crippen molar-refractivity contribution >= 4 is 35.4 Å². The summed E-state index contributed by atoms with van der Waals surface area (Å²) in [6.07, 6.45) is 11.4. The number of hydrogen-bond acceptors (Lipinski definition) is 11. The van der Waals surface area contributed by atoms with Crippen LogP contribution in [-0.2, 0) is 44.8 Å². The van der Waals surface area contributed by atoms with Crippen molar-refractivity contribution in [1.29, 1.82) is 0 Å². The largest absolute Gasteiger partial charge is 0.508 e. The zero-order valence-corrected chi connectivity index (χ0v) is 34.8. The normalized spacial score (nSPS) is 24.5. The van der Waals surface area contributed by atoms with Crippen LogP contribution in [0.1, 0.15) is 72.3 Å². The number of carbonyl (C=O) groups excluding carboxylic acids is 6. The highest BCUT2D eigenvalue weighted by molar-refractivity contribution is 5.93. The van der Waals surface area contributed by atoms with Crippen molar-refractivity contribution < 1.29 is 52.9 Å². The number of amides is 4. The minimum Gasteiger partial charge on any atom is -0.508 e. The molecule has 2 heterocycles. The molecule has 0 aromatic heterocycles. The molecule has 15 nitrogen and oxygen atoms in total. The van der Waals surface area contributed by atoms with Crippen LogP contribution in [0.4, 0.5) is 4.39 Å². The molecule has 0 aliphatic carbocycles. The molecule has 2 bridgehead atoms. The topological polar surface area (TPSA) is 204 Å². The Morgan fingerprint density at radius 2 is 1.81 bits per heavy atom. The van der Waals surface area contributed by atoms with Crippen LogP contribution in [0.25, 0.3) is 0 Å². The van der Waals surface area contributed by atoms with Gasteiger partial charge in [0.25, 0.3) is 11.8 Å². The molecule has 0 radical (unpaired) electrons. The van der Waals surface area contributed by atoms with Crippen LogP contribution in [0.3, 0.4) is 0 Å². The second-order valence-corrected chi connectivity index (χ2v) is 15.1. The summed E-state index contributed by atoms with van der Waals surface area (Å²) in [6, 6.07) is -0.281. The van der Waals surface area contributed by atoms with Gasteiger partial charge in [0, 0.05) is 45.0 Å². The summed E-state index contributed by atoms with van der Waals surface area (Å²) in [6.45, 7) is 8.25. The van der Waals surface area contributed by atoms with Crippen LogP contribution in [-0.4, -0.2) is 107 Å². The molecule has 59 heavy (non-hydrogen) atoms. The highest BCUT2D eigenvalue weighted by Crippen LogP contribution is 2.22. The van der Waals surface area contributed by atoms with E-state index in [4.69, 9.17) is 9.57 Å². The number of esters is 1. The smallest absolute Gasteiger partial charge is 0.325 e. The number of Topliss-reactive ketones (excluding diaryl/α,β-unsaturated/α-hetero) is 1. The molecular formula is C43H58FN5O10. The number of likely N-dealkylation sites (N-methyl/N-ethyl adjacent to an activating group) is 1. The maximum absolute atomic E-state index is 14.4. The highest BCUT2D eigenvalue weighted by Gasteiger charge is 2.37. The van der Waals surface area contributed by atoms with E-state index in [1.165, 1.54) is 44.3 Å². The fourth-order valence-electron chi connectivity index (χ4n) is 6.44. The van der Waals surface area contributed by atoms with Gasteiger partial charge >= 0.3 is 5.97 Å². The number of hydrogen-bond donors (Lipinski definition) is 5. The van der Waals surface area contributed by atoms with Gasteiger partial charge in [-0.2, -0.15) is 0 Å². The van der Waals surface area contributed by atoms with Gasteiger partial charge in [-0.25, -0.2) is 14.9 Å². The Kier molecular flexibility index (Phi) is 18.9. The number of hydroxylamine groups is 2. The summed E-state index contributed by atoms with van der Waals surface area (Å²) >= 11 is 0. The number of allylic oxidation sites excluding steroid dienone is 6. The third-order valence-corrected chi connectivity index (χ3v) is 9.99. The first-order valence-electron chi connectivity index (χ1n) is 19.6. The van der Waals surface area contributed by atoms with E-state index in [-0.39, 0.29) is 43.6 Å². The zero-order chi connectivity index (χ0) is 43.8. The number of nitrogens with zero attached hydrogens (tertiary/aromatic N) is 2. The lowest BCUT2D eigenvalue weighted by Gasteiger charge is -2.36. The minimum atomic E-state index is -1.37. The Labute approximate surface area is 345 Å². The predicted octanol–water partition coefficient (Wildman–Crippen LogP) is 3.44. The number of cyclic esters (lactones) is 1. The van der Waals surface area contributed by atoms with Crippen LogP contribution in [0.2, 0.25) is 0 Å². The summed E-state index contributed by atoms with van der Waals surface area (Å²) in [5, 5.41) is 29.2. The van der Waals surface area contributed by atoms with Crippen LogP contribution < -0.4 is 16.1 Å². The molecule has 0 saturated carbocycles. The number of fused-ring (bicyclic) bond motifs is 2. The summed E-state index contributed by atoms with van der Waals surface area (Å²) in [5.41, 5.74) is 4.13. The van der Waals surface area contributed by atoms with Crippen molar-refractivity contribution in [3.63, 3.8) is 0 Å². The van der Waals surface area contributed by atoms with Gasteiger partial charge in [0.15, 0.2) is 0 Å². The molecule has 3 rings (SSSR count). The lowest BCUT2D eigenvalue weighted by Crippen LogP contribution is -2.62. The summed E-state index contributed by atoms with van der Waals surface area (Å²) < 4.78 is 20.4. The lowest BCUT2D eigenvalue weighted by atomic mass is 9.89. The van der Waals surface area contributed by atoms with E-state index < -0.39 is 83.3 Å². The average Bonchev–Trinajstić information content (AvgIpc) is 3.18. The SMILES string of the molecule is CON(C)C(=O)C=CC=C(C)C1CC=CC=CC=C(C)C(O)C(CCC(C)=O)C(=O)NC(C(C)C)C(=O)NC(Cc2cc(O)cc(F)c2)C(=O)N2CCCC(N2)C(=O)O1. The number of carbonyl (C=O) groups is 6. The Morgan fingerprint density at radius 3 is 2.47 bits per heavy atom. The van der Waals surface area contributed by atoms with Crippen LogP contribution in [0.15, 0.2) is 78.0 Å². The van der Waals surface area contributed by atoms with Crippen LogP contribution >= 0.6 is 0 Å². The molecule has 1 fully saturated rings. The predicted molar refractivity (Wildman–Crippen MR) is 217 cm³/mol. The van der Waals surface area contributed by atoms with Crippen molar-refractivity contribution in [2.45, 2.75) is 103 Å². The number of rotatable bonds is 10. The Bertz CT molecular complexity index is 1820. The molecule has 6 atom stereocenters. The number of ether oxygens (including phenoxy) is 1. The number of aromatic hydroxyl groups is 1. The van der Waals surface area contributed by atoms with E-state index in [1.54, 1.807) is 64.2 Å². The quantitative estimate of drug-likeness (QED) is 0.100. The number of phenolic OH excluding ortho intramolecular Hbond substituents is 1. The number of halogens is 1. The van der Waals surface area contributed by atoms with E-state index in [0.29, 0.717) is 24.0 Å². The second kappa shape index (κ2) is 23.2. The fourth-order valence-corrected chi connectivity index (χ4v) is 6.44. The van der Waals surface area contributed by atoms with E-state index in [2.05, 4.69) is 16.1 Å². The molecule has 322 valence electrons. The van der Waals surface area contributed by atoms with E-state index in [0.717, 1.165) is 17.2 Å². The van der Waals surface area contributed by atoms with E-state index in [1.807, 2.05) is 0 Å². The van der Waals surface area contributed by atoms with E-state index >= 15 is 0 Å². The fraction of sp³-hybridized carbons (Fsp3) is 0.488. The lowest BCUT2D eigenvalue weighted by molar-refractivity contribution is -0.162. The van der Waals surface area contributed by atoms with Gasteiger partial charge < -0.3 is 30.4 Å². The summed E-state index contributed by atoms with van der Waals surface area (Å²) in [7, 11) is 2.81. The molecule has 4 amide bonds. The third kappa shape index (κ3) is 15.0. The first-order chi connectivity index (χ1) is 27.9. The Hall–Kier alpha value is -5.45. The molecule has 2 aliphatic rings. The number of ketones is 1. The van der Waals surface area contributed by atoms with Crippen molar-refractivity contribution in [2.75, 3.05) is 20.7 Å². The van der Waals surface area contributed by atoms with Gasteiger partial charge in [0.05, 0.1) is 19.1 Å². The first-order valence-corrected chi connectivity index (χ1v) is 19.6. The van der Waals surface area contributed by atoms with Gasteiger partial charge in [-0.05, 0) is 74.8 Å². The highest BCUT2D eigenvalue weighted by atomic mass is 19.1. The van der Waals surface area contributed by atoms with Gasteiger partial charge in [0.1, 0.15) is 41.6 Å². The molecular weight excluding hydrogens is 765 g/mol. The number of aliphatic hydroxyl groups excluding tert-OH is 1. The second-order valence-electron chi connectivity index (χ2n) is 15.1. The molecule has 2 aliphatic heterocycles. The molecule has 6 unspecified atom stereocenters. The Morgan fingerprint density at radius 1 is 1.08 bits per heavy atom. The van der Waals surface area contributed by atoms with Gasteiger partial charge in [-0.1, -0.05) is 56.4 Å². The molecule has 0 spiro atoms.